The highest BCUT2D eigenvalue weighted by atomic mass is 127. The van der Waals surface area contributed by atoms with Crippen molar-refractivity contribution in [3.8, 4) is 11.5 Å². The second kappa shape index (κ2) is 11.5. The van der Waals surface area contributed by atoms with Gasteiger partial charge >= 0.3 is 5.97 Å². The molecule has 1 aliphatic rings. The number of allylic oxidation sites excluding steroid dienone is 1. The first kappa shape index (κ1) is 25.7. The third kappa shape index (κ3) is 5.59. The summed E-state index contributed by atoms with van der Waals surface area (Å²) in [4.78, 5) is 25.6. The second-order valence-corrected chi connectivity index (χ2v) is 8.74. The van der Waals surface area contributed by atoms with Gasteiger partial charge in [0.2, 0.25) is 0 Å². The molecule has 3 rings (SSSR count). The Morgan fingerprint density at radius 3 is 2.65 bits per heavy atom. The molecule has 0 spiro atoms. The number of hydrogen-bond donors (Lipinski definition) is 4. The van der Waals surface area contributed by atoms with Gasteiger partial charge in [-0.3, -0.25) is 4.79 Å². The molecule has 1 unspecified atom stereocenters. The van der Waals surface area contributed by atoms with Crippen LogP contribution in [0.15, 0.2) is 47.7 Å². The van der Waals surface area contributed by atoms with Crippen LogP contribution in [0.4, 0.5) is 5.69 Å². The largest absolute Gasteiger partial charge is 0.493 e. The van der Waals surface area contributed by atoms with Crippen molar-refractivity contribution in [1.29, 1.82) is 0 Å². The molecule has 0 aromatic heterocycles. The molecule has 34 heavy (non-hydrogen) atoms. The summed E-state index contributed by atoms with van der Waals surface area (Å²) in [5.41, 5.74) is 2.23. The highest BCUT2D eigenvalue weighted by molar-refractivity contribution is 14.1. The number of carbonyl (C=O) groups excluding carboxylic acids is 2. The lowest BCUT2D eigenvalue weighted by atomic mass is 9.94. The van der Waals surface area contributed by atoms with Crippen LogP contribution in [0.2, 0.25) is 0 Å². The quantitative estimate of drug-likeness (QED) is 0.207. The molecule has 0 fully saturated rings. The van der Waals surface area contributed by atoms with Crippen LogP contribution in [0.5, 0.6) is 11.5 Å². The predicted molar refractivity (Wildman–Crippen MR) is 139 cm³/mol. The number of aliphatic hydroxyl groups is 1. The van der Waals surface area contributed by atoms with Crippen molar-refractivity contribution in [2.75, 3.05) is 32.8 Å². The van der Waals surface area contributed by atoms with Crippen LogP contribution in [0.25, 0.3) is 0 Å². The Morgan fingerprint density at radius 2 is 1.97 bits per heavy atom. The summed E-state index contributed by atoms with van der Waals surface area (Å²) in [6.07, 6.45) is 0. The Balaban J connectivity index is 2.01. The van der Waals surface area contributed by atoms with Crippen molar-refractivity contribution in [1.82, 2.24) is 10.6 Å². The molecule has 0 saturated carbocycles. The standard InChI is InChI=1S/C23H24IN3O6S/c1-12-18(21(29)26-16-7-5-4-6-14(16)22(30)32-3)19(27-23(34)25-12)13-10-15(24)20(33-9-8-28)17(11-13)31-2/h4-7,10-11,19,28H,8-9H2,1-3H3,(H,26,29)(H2,25,27,34). The van der Waals surface area contributed by atoms with Crippen LogP contribution in [-0.2, 0) is 9.53 Å². The minimum atomic E-state index is -0.603. The van der Waals surface area contributed by atoms with Crippen LogP contribution in [0, 0.1) is 3.57 Å². The number of anilines is 1. The fourth-order valence-corrected chi connectivity index (χ4v) is 4.56. The monoisotopic (exact) mass is 597 g/mol. The third-order valence-corrected chi connectivity index (χ3v) is 6.04. The summed E-state index contributed by atoms with van der Waals surface area (Å²) in [6.45, 7) is 1.74. The predicted octanol–water partition coefficient (Wildman–Crippen LogP) is 2.89. The molecular formula is C23H24IN3O6S. The average molecular weight is 597 g/mol. The zero-order valence-electron chi connectivity index (χ0n) is 18.7. The maximum Gasteiger partial charge on any atom is 0.339 e. The molecule has 1 atom stereocenters. The maximum absolute atomic E-state index is 13.4. The van der Waals surface area contributed by atoms with Gasteiger partial charge in [0, 0.05) is 5.70 Å². The van der Waals surface area contributed by atoms with Crippen molar-refractivity contribution in [2.45, 2.75) is 13.0 Å². The molecule has 0 saturated heterocycles. The molecule has 0 aliphatic carbocycles. The van der Waals surface area contributed by atoms with E-state index in [1.54, 1.807) is 37.3 Å². The van der Waals surface area contributed by atoms with Crippen molar-refractivity contribution >= 4 is 57.5 Å². The van der Waals surface area contributed by atoms with Gasteiger partial charge in [-0.25, -0.2) is 4.79 Å². The number of halogens is 1. The lowest BCUT2D eigenvalue weighted by Crippen LogP contribution is -2.45. The van der Waals surface area contributed by atoms with Crippen LogP contribution < -0.4 is 25.4 Å². The number of thiocarbonyl (C=S) groups is 1. The van der Waals surface area contributed by atoms with Gasteiger partial charge in [0.25, 0.3) is 5.91 Å². The number of hydrogen-bond acceptors (Lipinski definition) is 7. The Hall–Kier alpha value is -2.90. The van der Waals surface area contributed by atoms with E-state index in [9.17, 15) is 9.59 Å². The van der Waals surface area contributed by atoms with Gasteiger partial charge in [0.15, 0.2) is 16.6 Å². The lowest BCUT2D eigenvalue weighted by Gasteiger charge is -2.31. The second-order valence-electron chi connectivity index (χ2n) is 7.17. The number of para-hydroxylation sites is 1. The molecule has 2 aromatic rings. The number of amides is 1. The molecule has 1 amide bonds. The number of rotatable bonds is 8. The summed E-state index contributed by atoms with van der Waals surface area (Å²) >= 11 is 7.45. The number of aliphatic hydroxyl groups excluding tert-OH is 1. The first-order valence-corrected chi connectivity index (χ1v) is 11.7. The van der Waals surface area contributed by atoms with Crippen LogP contribution in [0.1, 0.15) is 28.9 Å². The number of nitrogens with one attached hydrogen (secondary N) is 3. The molecule has 0 bridgehead atoms. The minimum Gasteiger partial charge on any atom is -0.493 e. The molecule has 4 N–H and O–H groups in total. The van der Waals surface area contributed by atoms with Gasteiger partial charge in [0.1, 0.15) is 6.61 Å². The number of esters is 1. The molecular weight excluding hydrogens is 573 g/mol. The minimum absolute atomic E-state index is 0.119. The zero-order chi connectivity index (χ0) is 24.8. The summed E-state index contributed by atoms with van der Waals surface area (Å²) < 4.78 is 16.7. The fraction of sp³-hybridized carbons (Fsp3) is 0.261. The molecule has 11 heteroatoms. The van der Waals surface area contributed by atoms with Crippen LogP contribution in [0.3, 0.4) is 0 Å². The van der Waals surface area contributed by atoms with Gasteiger partial charge in [-0.05, 0) is 71.6 Å². The summed E-state index contributed by atoms with van der Waals surface area (Å²) in [7, 11) is 2.79. The van der Waals surface area contributed by atoms with Gasteiger partial charge in [-0.1, -0.05) is 12.1 Å². The Morgan fingerprint density at radius 1 is 1.24 bits per heavy atom. The highest BCUT2D eigenvalue weighted by Crippen LogP contribution is 2.38. The number of methoxy groups -OCH3 is 2. The van der Waals surface area contributed by atoms with E-state index in [1.165, 1.54) is 14.2 Å². The molecule has 1 heterocycles. The van der Waals surface area contributed by atoms with Crippen molar-refractivity contribution in [3.05, 3.63) is 62.4 Å². The molecule has 2 aromatic carbocycles. The van der Waals surface area contributed by atoms with E-state index in [0.717, 1.165) is 3.57 Å². The average Bonchev–Trinajstić information content (AvgIpc) is 2.82. The summed E-state index contributed by atoms with van der Waals surface area (Å²) in [5.74, 6) is -0.0286. The molecule has 9 nitrogen and oxygen atoms in total. The highest BCUT2D eigenvalue weighted by Gasteiger charge is 2.32. The van der Waals surface area contributed by atoms with Crippen molar-refractivity contribution in [2.24, 2.45) is 0 Å². The number of carbonyl (C=O) groups is 2. The van der Waals surface area contributed by atoms with Gasteiger partial charge in [0.05, 0.1) is 47.3 Å². The van der Waals surface area contributed by atoms with Gasteiger partial charge in [-0.2, -0.15) is 0 Å². The van der Waals surface area contributed by atoms with Crippen molar-refractivity contribution < 1.29 is 28.9 Å². The smallest absolute Gasteiger partial charge is 0.339 e. The summed E-state index contributed by atoms with van der Waals surface area (Å²) in [6, 6.07) is 9.60. The van der Waals surface area contributed by atoms with E-state index in [0.29, 0.717) is 39.1 Å². The molecule has 180 valence electrons. The first-order chi connectivity index (χ1) is 16.3. The Labute approximate surface area is 216 Å². The molecule has 1 aliphatic heterocycles. The van der Waals surface area contributed by atoms with Gasteiger partial charge < -0.3 is 35.3 Å². The third-order valence-electron chi connectivity index (χ3n) is 5.02. The number of benzene rings is 2. The Kier molecular flexibility index (Phi) is 8.69. The van der Waals surface area contributed by atoms with E-state index >= 15 is 0 Å². The number of ether oxygens (including phenoxy) is 3. The SMILES string of the molecule is COC(=O)c1ccccc1NC(=O)C1=C(C)NC(=S)NC1c1cc(I)c(OCCO)c(OC)c1. The normalized spacial score (nSPS) is 15.2. The summed E-state index contributed by atoms with van der Waals surface area (Å²) in [5, 5.41) is 18.4. The lowest BCUT2D eigenvalue weighted by molar-refractivity contribution is -0.113. The van der Waals surface area contributed by atoms with E-state index in [1.807, 2.05) is 6.07 Å². The fourth-order valence-electron chi connectivity index (χ4n) is 3.51. The zero-order valence-corrected chi connectivity index (χ0v) is 21.7. The van der Waals surface area contributed by atoms with Crippen molar-refractivity contribution in [3.63, 3.8) is 0 Å². The van der Waals surface area contributed by atoms with E-state index in [4.69, 9.17) is 31.5 Å². The molecule has 0 radical (unpaired) electrons. The van der Waals surface area contributed by atoms with Crippen LogP contribution >= 0.6 is 34.8 Å². The van der Waals surface area contributed by atoms with E-state index in [-0.39, 0.29) is 18.8 Å². The van der Waals surface area contributed by atoms with Crippen LogP contribution in [-0.4, -0.2) is 49.5 Å². The van der Waals surface area contributed by atoms with E-state index < -0.39 is 17.9 Å². The first-order valence-electron chi connectivity index (χ1n) is 10.2. The Bertz CT molecular complexity index is 1150. The topological polar surface area (TPSA) is 118 Å². The van der Waals surface area contributed by atoms with Gasteiger partial charge in [-0.15, -0.1) is 0 Å². The van der Waals surface area contributed by atoms with E-state index in [2.05, 4.69) is 38.5 Å². The maximum atomic E-state index is 13.4.